The normalized spacial score (nSPS) is 11.7. The zero-order valence-corrected chi connectivity index (χ0v) is 14.4. The molecule has 0 heteroatoms. The average Bonchev–Trinajstić information content (AvgIpc) is 2.73. The molecule has 0 atom stereocenters. The fourth-order valence-electron chi connectivity index (χ4n) is 3.79. The summed E-state index contributed by atoms with van der Waals surface area (Å²) in [5.74, 6) is 0. The maximum Gasteiger partial charge on any atom is -0.00930 e. The second kappa shape index (κ2) is 6.16. The Hall–Kier alpha value is -3.38. The van der Waals surface area contributed by atoms with Crippen molar-refractivity contribution in [1.29, 1.82) is 0 Å². The Labute approximate surface area is 153 Å². The van der Waals surface area contributed by atoms with Gasteiger partial charge < -0.3 is 0 Å². The van der Waals surface area contributed by atoms with Gasteiger partial charge in [0.1, 0.15) is 0 Å². The summed E-state index contributed by atoms with van der Waals surface area (Å²) in [7, 11) is 0. The first-order valence-corrected chi connectivity index (χ1v) is 8.96. The van der Waals surface area contributed by atoms with E-state index in [4.69, 9.17) is 0 Å². The molecule has 5 rings (SSSR count). The molecule has 0 saturated heterocycles. The summed E-state index contributed by atoms with van der Waals surface area (Å²) in [6, 6.07) is 34.6. The minimum Gasteiger partial charge on any atom is -0.0622 e. The van der Waals surface area contributed by atoms with Gasteiger partial charge in [-0.05, 0) is 49.5 Å². The Morgan fingerprint density at radius 3 is 1.42 bits per heavy atom. The van der Waals surface area contributed by atoms with Gasteiger partial charge in [0, 0.05) is 0 Å². The zero-order valence-electron chi connectivity index (χ0n) is 14.4. The highest BCUT2D eigenvalue weighted by Gasteiger charge is 2.07. The van der Waals surface area contributed by atoms with Gasteiger partial charge in [0.05, 0.1) is 0 Å². The predicted octanol–water partition coefficient (Wildman–Crippen LogP) is 7.32. The molecule has 5 aromatic carbocycles. The summed E-state index contributed by atoms with van der Waals surface area (Å²) in [6.45, 7) is 0. The first kappa shape index (κ1) is 14.9. The van der Waals surface area contributed by atoms with Gasteiger partial charge in [-0.15, -0.1) is 0 Å². The van der Waals surface area contributed by atoms with E-state index in [1.54, 1.807) is 0 Å². The summed E-state index contributed by atoms with van der Waals surface area (Å²) in [6.07, 6.45) is 4.36. The average molecular weight is 330 g/mol. The number of hydrogen-bond acceptors (Lipinski definition) is 0. The van der Waals surface area contributed by atoms with Crippen LogP contribution in [-0.2, 0) is 0 Å². The molecule has 0 fully saturated rings. The molecular weight excluding hydrogens is 312 g/mol. The molecule has 0 aliphatic carbocycles. The Morgan fingerprint density at radius 2 is 0.808 bits per heavy atom. The lowest BCUT2D eigenvalue weighted by atomic mass is 9.93. The van der Waals surface area contributed by atoms with Crippen LogP contribution in [0.15, 0.2) is 97.1 Å². The van der Waals surface area contributed by atoms with E-state index < -0.39 is 0 Å². The van der Waals surface area contributed by atoms with Crippen LogP contribution in [0.3, 0.4) is 0 Å². The summed E-state index contributed by atoms with van der Waals surface area (Å²) >= 11 is 0. The summed E-state index contributed by atoms with van der Waals surface area (Å²) in [5, 5.41) is 7.91. The maximum atomic E-state index is 2.31. The van der Waals surface area contributed by atoms with Gasteiger partial charge >= 0.3 is 0 Å². The Kier molecular flexibility index (Phi) is 3.54. The second-order valence-electron chi connectivity index (χ2n) is 6.64. The largest absolute Gasteiger partial charge is 0.0622 e. The third kappa shape index (κ3) is 2.48. The minimum absolute atomic E-state index is 1.22. The third-order valence-corrected chi connectivity index (χ3v) is 5.04. The van der Waals surface area contributed by atoms with Gasteiger partial charge in [0.2, 0.25) is 0 Å². The summed E-state index contributed by atoms with van der Waals surface area (Å²) in [5.41, 5.74) is 2.44. The lowest BCUT2D eigenvalue weighted by Gasteiger charge is -2.10. The quantitative estimate of drug-likeness (QED) is 0.235. The van der Waals surface area contributed by atoms with E-state index in [0.717, 1.165) is 0 Å². The first-order chi connectivity index (χ1) is 12.9. The fraction of sp³-hybridized carbons (Fsp3) is 0. The topological polar surface area (TPSA) is 0 Å². The van der Waals surface area contributed by atoms with Crippen LogP contribution < -0.4 is 0 Å². The van der Waals surface area contributed by atoms with E-state index in [2.05, 4.69) is 103 Å². The molecule has 5 aromatic rings. The molecule has 26 heavy (non-hydrogen) atoms. The van der Waals surface area contributed by atoms with Crippen molar-refractivity contribution in [3.63, 3.8) is 0 Å². The molecule has 0 amide bonds. The number of hydrogen-bond donors (Lipinski definition) is 0. The SMILES string of the molecule is C(=Cc1ccc2c3ccccc3c3ccccc3c2c1)c1ccccc1. The lowest BCUT2D eigenvalue weighted by molar-refractivity contribution is 1.66. The highest BCUT2D eigenvalue weighted by molar-refractivity contribution is 6.25. The van der Waals surface area contributed by atoms with Crippen molar-refractivity contribution in [2.45, 2.75) is 0 Å². The van der Waals surface area contributed by atoms with E-state index in [9.17, 15) is 0 Å². The molecule has 0 spiro atoms. The first-order valence-electron chi connectivity index (χ1n) is 8.96. The van der Waals surface area contributed by atoms with E-state index in [1.165, 1.54) is 43.4 Å². The van der Waals surface area contributed by atoms with Crippen molar-refractivity contribution >= 4 is 44.5 Å². The molecule has 0 unspecified atom stereocenters. The fourth-order valence-corrected chi connectivity index (χ4v) is 3.79. The molecule has 0 N–H and O–H groups in total. The van der Waals surface area contributed by atoms with Crippen molar-refractivity contribution in [3.8, 4) is 0 Å². The van der Waals surface area contributed by atoms with Crippen molar-refractivity contribution in [3.05, 3.63) is 108 Å². The second-order valence-corrected chi connectivity index (χ2v) is 6.64. The molecule has 0 aliphatic heterocycles. The Bertz CT molecular complexity index is 1230. The van der Waals surface area contributed by atoms with Crippen LogP contribution in [0.25, 0.3) is 44.5 Å². The smallest absolute Gasteiger partial charge is 0.00930 e. The molecule has 0 nitrogen and oxygen atoms in total. The zero-order chi connectivity index (χ0) is 17.3. The molecule has 122 valence electrons. The van der Waals surface area contributed by atoms with Gasteiger partial charge in [0.15, 0.2) is 0 Å². The standard InChI is InChI=1S/C26H18/c1-2-8-19(9-3-1)14-15-20-16-17-25-23-12-5-4-10-21(23)22-11-6-7-13-24(22)26(25)18-20/h1-18H. The Morgan fingerprint density at radius 1 is 0.346 bits per heavy atom. The molecule has 0 bridgehead atoms. The van der Waals surface area contributed by atoms with Crippen LogP contribution in [0.5, 0.6) is 0 Å². The van der Waals surface area contributed by atoms with Crippen LogP contribution >= 0.6 is 0 Å². The van der Waals surface area contributed by atoms with Crippen molar-refractivity contribution in [2.75, 3.05) is 0 Å². The van der Waals surface area contributed by atoms with Crippen LogP contribution in [0.4, 0.5) is 0 Å². The predicted molar refractivity (Wildman–Crippen MR) is 114 cm³/mol. The number of rotatable bonds is 2. The summed E-state index contributed by atoms with van der Waals surface area (Å²) < 4.78 is 0. The van der Waals surface area contributed by atoms with Crippen molar-refractivity contribution < 1.29 is 0 Å². The molecule has 0 saturated carbocycles. The van der Waals surface area contributed by atoms with Crippen LogP contribution in [-0.4, -0.2) is 0 Å². The lowest BCUT2D eigenvalue weighted by Crippen LogP contribution is -1.84. The van der Waals surface area contributed by atoms with E-state index in [0.29, 0.717) is 0 Å². The maximum absolute atomic E-state index is 2.31. The number of fused-ring (bicyclic) bond motifs is 6. The molecule has 0 radical (unpaired) electrons. The van der Waals surface area contributed by atoms with Gasteiger partial charge in [0.25, 0.3) is 0 Å². The number of benzene rings is 5. The van der Waals surface area contributed by atoms with Gasteiger partial charge in [-0.1, -0.05) is 103 Å². The molecular formula is C26H18. The highest BCUT2D eigenvalue weighted by atomic mass is 14.1. The molecule has 0 aliphatic rings. The van der Waals surface area contributed by atoms with Crippen LogP contribution in [0.2, 0.25) is 0 Å². The van der Waals surface area contributed by atoms with Gasteiger partial charge in [-0.3, -0.25) is 0 Å². The molecule has 0 heterocycles. The van der Waals surface area contributed by atoms with E-state index >= 15 is 0 Å². The summed E-state index contributed by atoms with van der Waals surface area (Å²) in [4.78, 5) is 0. The van der Waals surface area contributed by atoms with E-state index in [-0.39, 0.29) is 0 Å². The van der Waals surface area contributed by atoms with Gasteiger partial charge in [-0.2, -0.15) is 0 Å². The van der Waals surface area contributed by atoms with Crippen molar-refractivity contribution in [1.82, 2.24) is 0 Å². The third-order valence-electron chi connectivity index (χ3n) is 5.04. The van der Waals surface area contributed by atoms with Gasteiger partial charge in [-0.25, -0.2) is 0 Å². The Balaban J connectivity index is 1.77. The highest BCUT2D eigenvalue weighted by Crippen LogP contribution is 2.35. The van der Waals surface area contributed by atoms with Crippen LogP contribution in [0.1, 0.15) is 11.1 Å². The van der Waals surface area contributed by atoms with E-state index in [1.807, 2.05) is 6.07 Å². The van der Waals surface area contributed by atoms with Crippen molar-refractivity contribution in [2.24, 2.45) is 0 Å². The monoisotopic (exact) mass is 330 g/mol. The van der Waals surface area contributed by atoms with Crippen LogP contribution in [0, 0.1) is 0 Å². The minimum atomic E-state index is 1.22. The molecule has 0 aromatic heterocycles.